The number of alkyl halides is 2. The molecule has 0 aliphatic heterocycles. The standard InChI is InChI=1S/C12H16F3NOS.C2H6.C2H2/c1-12(2,3)18(17)16-7-8-5-4-6-9(10(8)13)11(14)15;2*1-2/h4-6,11,16H,7H2,1-3H3;1-2H3;1-2H. The van der Waals surface area contributed by atoms with Crippen LogP contribution in [0.15, 0.2) is 18.2 Å². The van der Waals surface area contributed by atoms with E-state index in [0.717, 1.165) is 6.07 Å². The molecule has 0 fully saturated rings. The molecular formula is C16H24F3NOS. The summed E-state index contributed by atoms with van der Waals surface area (Å²) in [5, 5.41) is 0. The fourth-order valence-electron chi connectivity index (χ4n) is 1.26. The van der Waals surface area contributed by atoms with E-state index in [2.05, 4.69) is 17.6 Å². The lowest BCUT2D eigenvalue weighted by atomic mass is 10.1. The third-order valence-corrected chi connectivity index (χ3v) is 3.81. The van der Waals surface area contributed by atoms with Crippen LogP contribution in [0.1, 0.15) is 52.2 Å². The number of benzene rings is 1. The quantitative estimate of drug-likeness (QED) is 0.801. The van der Waals surface area contributed by atoms with Crippen molar-refractivity contribution in [3.8, 4) is 12.8 Å². The first-order valence-corrected chi connectivity index (χ1v) is 7.92. The monoisotopic (exact) mass is 335 g/mol. The molecule has 1 aromatic rings. The van der Waals surface area contributed by atoms with Crippen LogP contribution in [0.5, 0.6) is 0 Å². The predicted molar refractivity (Wildman–Crippen MR) is 87.3 cm³/mol. The van der Waals surface area contributed by atoms with Gasteiger partial charge in [-0.3, -0.25) is 0 Å². The summed E-state index contributed by atoms with van der Waals surface area (Å²) in [5.41, 5.74) is -0.541. The molecule has 1 aromatic carbocycles. The lowest BCUT2D eigenvalue weighted by Crippen LogP contribution is -2.33. The SMILES string of the molecule is C#C.CC.CC(C)(C)S(=O)NCc1cccc(C(F)F)c1F. The van der Waals surface area contributed by atoms with Crippen LogP contribution in [0.25, 0.3) is 0 Å². The summed E-state index contributed by atoms with van der Waals surface area (Å²) in [6.45, 7) is 9.25. The highest BCUT2D eigenvalue weighted by Gasteiger charge is 2.20. The second-order valence-corrected chi connectivity index (χ2v) is 6.87. The summed E-state index contributed by atoms with van der Waals surface area (Å²) in [6, 6.07) is 3.81. The van der Waals surface area contributed by atoms with E-state index in [0.29, 0.717) is 0 Å². The Morgan fingerprint density at radius 2 is 1.73 bits per heavy atom. The highest BCUT2D eigenvalue weighted by molar-refractivity contribution is 7.84. The van der Waals surface area contributed by atoms with E-state index in [1.54, 1.807) is 20.8 Å². The van der Waals surface area contributed by atoms with Crippen molar-refractivity contribution < 1.29 is 17.4 Å². The Bertz CT molecular complexity index is 482. The summed E-state index contributed by atoms with van der Waals surface area (Å²) in [4.78, 5) is 0. The molecular weight excluding hydrogens is 311 g/mol. The Balaban J connectivity index is 0. The molecule has 1 unspecified atom stereocenters. The number of hydrogen-bond acceptors (Lipinski definition) is 1. The number of terminal acetylenes is 1. The summed E-state index contributed by atoms with van der Waals surface area (Å²) in [5.74, 6) is -0.939. The van der Waals surface area contributed by atoms with Crippen LogP contribution in [-0.4, -0.2) is 8.96 Å². The molecule has 0 spiro atoms. The fraction of sp³-hybridized carbons (Fsp3) is 0.500. The zero-order valence-electron chi connectivity index (χ0n) is 13.6. The van der Waals surface area contributed by atoms with E-state index in [4.69, 9.17) is 0 Å². The highest BCUT2D eigenvalue weighted by atomic mass is 32.2. The van der Waals surface area contributed by atoms with Gasteiger partial charge in [0.2, 0.25) is 0 Å². The molecule has 6 heteroatoms. The minimum absolute atomic E-state index is 0.0454. The number of nitrogens with one attached hydrogen (secondary N) is 1. The topological polar surface area (TPSA) is 29.1 Å². The van der Waals surface area contributed by atoms with Gasteiger partial charge in [-0.2, -0.15) is 0 Å². The van der Waals surface area contributed by atoms with Crippen molar-refractivity contribution in [1.82, 2.24) is 4.72 Å². The predicted octanol–water partition coefficient (Wildman–Crippen LogP) is 4.59. The van der Waals surface area contributed by atoms with Crippen molar-refractivity contribution in [3.05, 3.63) is 35.1 Å². The lowest BCUT2D eigenvalue weighted by molar-refractivity contribution is 0.146. The molecule has 1 atom stereocenters. The van der Waals surface area contributed by atoms with E-state index in [1.807, 2.05) is 13.8 Å². The molecule has 126 valence electrons. The summed E-state index contributed by atoms with van der Waals surface area (Å²) in [6.07, 6.45) is 5.15. The van der Waals surface area contributed by atoms with E-state index >= 15 is 0 Å². The maximum absolute atomic E-state index is 13.7. The molecule has 1 N–H and O–H groups in total. The van der Waals surface area contributed by atoms with E-state index < -0.39 is 33.5 Å². The summed E-state index contributed by atoms with van der Waals surface area (Å²) >= 11 is 0. The Morgan fingerprint density at radius 1 is 1.23 bits per heavy atom. The van der Waals surface area contributed by atoms with Crippen LogP contribution >= 0.6 is 0 Å². The third kappa shape index (κ3) is 7.62. The van der Waals surface area contributed by atoms with Crippen LogP contribution < -0.4 is 4.72 Å². The number of halogens is 3. The van der Waals surface area contributed by atoms with Gasteiger partial charge in [-0.25, -0.2) is 22.1 Å². The molecule has 2 nitrogen and oxygen atoms in total. The molecule has 0 heterocycles. The Hall–Kier alpha value is -1.32. The van der Waals surface area contributed by atoms with Gasteiger partial charge in [-0.15, -0.1) is 12.8 Å². The van der Waals surface area contributed by atoms with Crippen LogP contribution in [0, 0.1) is 18.7 Å². The largest absolute Gasteiger partial charge is 0.266 e. The van der Waals surface area contributed by atoms with Gasteiger partial charge < -0.3 is 0 Å². The van der Waals surface area contributed by atoms with Gasteiger partial charge in [0.15, 0.2) is 0 Å². The molecule has 1 rings (SSSR count). The second kappa shape index (κ2) is 11.3. The van der Waals surface area contributed by atoms with Gasteiger partial charge in [-0.1, -0.05) is 32.0 Å². The first-order valence-electron chi connectivity index (χ1n) is 6.77. The van der Waals surface area contributed by atoms with Crippen molar-refractivity contribution in [2.75, 3.05) is 0 Å². The average molecular weight is 335 g/mol. The van der Waals surface area contributed by atoms with E-state index in [-0.39, 0.29) is 12.1 Å². The van der Waals surface area contributed by atoms with Crippen LogP contribution in [0.4, 0.5) is 13.2 Å². The maximum Gasteiger partial charge on any atom is 0.266 e. The van der Waals surface area contributed by atoms with Gasteiger partial charge in [0.05, 0.1) is 21.3 Å². The van der Waals surface area contributed by atoms with Crippen molar-refractivity contribution in [2.45, 2.75) is 52.3 Å². The lowest BCUT2D eigenvalue weighted by Gasteiger charge is -2.18. The van der Waals surface area contributed by atoms with Crippen LogP contribution in [0.3, 0.4) is 0 Å². The van der Waals surface area contributed by atoms with Gasteiger partial charge in [0.1, 0.15) is 5.82 Å². The molecule has 0 radical (unpaired) electrons. The van der Waals surface area contributed by atoms with Crippen molar-refractivity contribution in [2.24, 2.45) is 0 Å². The molecule has 0 amide bonds. The Morgan fingerprint density at radius 3 is 2.14 bits per heavy atom. The number of hydrogen-bond donors (Lipinski definition) is 1. The zero-order valence-corrected chi connectivity index (χ0v) is 14.4. The smallest absolute Gasteiger partial charge is 0.242 e. The minimum atomic E-state index is -2.85. The van der Waals surface area contributed by atoms with Gasteiger partial charge in [0, 0.05) is 12.1 Å². The van der Waals surface area contributed by atoms with Crippen LogP contribution in [0.2, 0.25) is 0 Å². The maximum atomic E-state index is 13.7. The van der Waals surface area contributed by atoms with Crippen LogP contribution in [-0.2, 0) is 17.5 Å². The molecule has 0 saturated heterocycles. The van der Waals surface area contributed by atoms with Gasteiger partial charge in [-0.05, 0) is 20.8 Å². The highest BCUT2D eigenvalue weighted by Crippen LogP contribution is 2.24. The first-order chi connectivity index (χ1) is 10.2. The molecule has 0 aliphatic rings. The van der Waals surface area contributed by atoms with Crippen molar-refractivity contribution in [1.29, 1.82) is 0 Å². The van der Waals surface area contributed by atoms with E-state index in [1.165, 1.54) is 12.1 Å². The molecule has 22 heavy (non-hydrogen) atoms. The summed E-state index contributed by atoms with van der Waals surface area (Å²) < 4.78 is 52.4. The molecule has 0 bridgehead atoms. The van der Waals surface area contributed by atoms with E-state index in [9.17, 15) is 17.4 Å². The second-order valence-electron chi connectivity index (χ2n) is 4.82. The third-order valence-electron chi connectivity index (χ3n) is 2.29. The Kier molecular flexibility index (Phi) is 11.8. The molecule has 0 aliphatic carbocycles. The zero-order chi connectivity index (χ0) is 17.9. The normalized spacial score (nSPS) is 11.8. The van der Waals surface area contributed by atoms with Gasteiger partial charge in [0.25, 0.3) is 6.43 Å². The first kappa shape index (κ1) is 23.0. The fourth-order valence-corrected chi connectivity index (χ4v) is 1.98. The summed E-state index contributed by atoms with van der Waals surface area (Å²) in [7, 11) is -1.37. The van der Waals surface area contributed by atoms with Gasteiger partial charge >= 0.3 is 0 Å². The molecule has 0 saturated carbocycles. The Labute approximate surface area is 134 Å². The molecule has 0 aromatic heterocycles. The van der Waals surface area contributed by atoms with Crippen molar-refractivity contribution in [3.63, 3.8) is 0 Å². The van der Waals surface area contributed by atoms with Crippen molar-refractivity contribution >= 4 is 11.0 Å². The average Bonchev–Trinajstić information content (AvgIpc) is 2.48. The number of rotatable bonds is 4. The minimum Gasteiger partial charge on any atom is -0.242 e.